The van der Waals surface area contributed by atoms with E-state index >= 15 is 0 Å². The minimum absolute atomic E-state index is 0.0109. The van der Waals surface area contributed by atoms with Gasteiger partial charge in [0.2, 0.25) is 5.91 Å². The van der Waals surface area contributed by atoms with Gasteiger partial charge in [0.1, 0.15) is 17.3 Å². The third-order valence-electron chi connectivity index (χ3n) is 6.51. The molecule has 2 saturated carbocycles. The highest BCUT2D eigenvalue weighted by Crippen LogP contribution is 2.31. The molecule has 2 atom stereocenters. The number of imide groups is 1. The Morgan fingerprint density at radius 2 is 1.94 bits per heavy atom. The minimum Gasteiger partial charge on any atom is -0.367 e. The zero-order chi connectivity index (χ0) is 22.7. The van der Waals surface area contributed by atoms with Gasteiger partial charge in [-0.05, 0) is 25.3 Å². The van der Waals surface area contributed by atoms with E-state index in [0.717, 1.165) is 30.9 Å². The van der Waals surface area contributed by atoms with Crippen molar-refractivity contribution in [2.75, 3.05) is 36.4 Å². The summed E-state index contributed by atoms with van der Waals surface area (Å²) in [5.74, 6) is 1.26. The number of hydrogen-bond acceptors (Lipinski definition) is 8. The maximum atomic E-state index is 12.5. The lowest BCUT2D eigenvalue weighted by Gasteiger charge is -2.35. The van der Waals surface area contributed by atoms with E-state index in [9.17, 15) is 14.4 Å². The number of nitrogens with one attached hydrogen (secondary N) is 3. The van der Waals surface area contributed by atoms with E-state index < -0.39 is 11.9 Å². The average Bonchev–Trinajstić information content (AvgIpc) is 3.70. The summed E-state index contributed by atoms with van der Waals surface area (Å²) in [5, 5.41) is 12.7. The number of amides is 4. The lowest BCUT2D eigenvalue weighted by atomic mass is 10.2. The molecule has 2 aromatic rings. The van der Waals surface area contributed by atoms with Crippen LogP contribution in [-0.2, 0) is 9.59 Å². The first-order valence-electron chi connectivity index (χ1n) is 11.2. The number of nitrogens with zero attached hydrogens (tertiary/aromatic N) is 5. The van der Waals surface area contributed by atoms with Gasteiger partial charge in [-0.3, -0.25) is 14.9 Å². The summed E-state index contributed by atoms with van der Waals surface area (Å²) < 4.78 is 1.72. The van der Waals surface area contributed by atoms with Gasteiger partial charge in [-0.2, -0.15) is 9.61 Å². The Kier molecular flexibility index (Phi) is 4.50. The number of nitrogens with two attached hydrogens (primary N) is 1. The van der Waals surface area contributed by atoms with E-state index in [1.165, 1.54) is 0 Å². The fourth-order valence-corrected chi connectivity index (χ4v) is 4.30. The number of hydrogen-bond donors (Lipinski definition) is 4. The van der Waals surface area contributed by atoms with Crippen molar-refractivity contribution in [2.45, 2.75) is 31.3 Å². The Bertz CT molecular complexity index is 1190. The van der Waals surface area contributed by atoms with Crippen molar-refractivity contribution in [3.05, 3.63) is 23.5 Å². The van der Waals surface area contributed by atoms with Gasteiger partial charge in [0.25, 0.3) is 5.91 Å². The summed E-state index contributed by atoms with van der Waals surface area (Å²) in [6.45, 7) is 2.59. The molecule has 172 valence electrons. The number of carbonyl (C=O) groups is 3. The second-order valence-corrected chi connectivity index (χ2v) is 9.04. The molecule has 2 aromatic heterocycles. The molecule has 4 heterocycles. The van der Waals surface area contributed by atoms with E-state index in [-0.39, 0.29) is 23.6 Å². The summed E-state index contributed by atoms with van der Waals surface area (Å²) in [4.78, 5) is 44.8. The van der Waals surface area contributed by atoms with Crippen LogP contribution in [0.4, 0.5) is 16.4 Å². The first-order valence-corrected chi connectivity index (χ1v) is 11.2. The van der Waals surface area contributed by atoms with E-state index in [4.69, 9.17) is 10.7 Å². The number of fused-ring (bicyclic) bond motifs is 1. The van der Waals surface area contributed by atoms with Crippen LogP contribution in [0.25, 0.3) is 11.7 Å². The van der Waals surface area contributed by atoms with Gasteiger partial charge in [0, 0.05) is 49.9 Å². The molecule has 0 bridgehead atoms. The lowest BCUT2D eigenvalue weighted by Crippen LogP contribution is -2.50. The highest BCUT2D eigenvalue weighted by molar-refractivity contribution is 6.14. The molecule has 5 N–H and O–H groups in total. The molecular formula is C21H25N9O3. The lowest BCUT2D eigenvalue weighted by molar-refractivity contribution is -0.133. The van der Waals surface area contributed by atoms with Crippen LogP contribution < -0.4 is 26.6 Å². The largest absolute Gasteiger partial charge is 0.367 e. The number of anilines is 2. The molecule has 2 saturated heterocycles. The fourth-order valence-electron chi connectivity index (χ4n) is 4.30. The van der Waals surface area contributed by atoms with Crippen LogP contribution in [0.3, 0.4) is 0 Å². The average molecular weight is 451 g/mol. The minimum atomic E-state index is -0.549. The van der Waals surface area contributed by atoms with E-state index in [0.29, 0.717) is 43.4 Å². The van der Waals surface area contributed by atoms with Gasteiger partial charge < -0.3 is 26.2 Å². The number of rotatable bonds is 5. The van der Waals surface area contributed by atoms with Gasteiger partial charge in [-0.1, -0.05) is 0 Å². The molecule has 4 fully saturated rings. The van der Waals surface area contributed by atoms with Crippen molar-refractivity contribution in [3.8, 4) is 0 Å². The molecule has 4 aliphatic rings. The maximum Gasteiger partial charge on any atom is 0.326 e. The van der Waals surface area contributed by atoms with Gasteiger partial charge in [-0.25, -0.2) is 9.78 Å². The molecular weight excluding hydrogens is 426 g/mol. The molecule has 4 amide bonds. The third kappa shape index (κ3) is 3.75. The van der Waals surface area contributed by atoms with Crippen LogP contribution >= 0.6 is 0 Å². The normalized spacial score (nSPS) is 26.0. The monoisotopic (exact) mass is 451 g/mol. The predicted octanol–water partition coefficient (Wildman–Crippen LogP) is -0.520. The third-order valence-corrected chi connectivity index (χ3v) is 6.51. The standard InChI is InChI=1S/C21H25N9O3/c22-14-8-13(14)20(32)29-5-3-28(4-6-29)16-9-17(24-12-1-2-12)30-18(26-16)11(10-23-30)7-15-19(31)27-21(33)25-15/h7,9-10,12-14,24H,1-6,8,22H2,(H2,25,27,31,33)/b15-7-. The Morgan fingerprint density at radius 1 is 1.18 bits per heavy atom. The van der Waals surface area contributed by atoms with Crippen LogP contribution in [0.2, 0.25) is 0 Å². The summed E-state index contributed by atoms with van der Waals surface area (Å²) >= 11 is 0. The van der Waals surface area contributed by atoms with Crippen molar-refractivity contribution in [1.29, 1.82) is 0 Å². The van der Waals surface area contributed by atoms with E-state index in [1.807, 2.05) is 11.0 Å². The van der Waals surface area contributed by atoms with E-state index in [1.54, 1.807) is 16.8 Å². The quantitative estimate of drug-likeness (QED) is 0.350. The first-order chi connectivity index (χ1) is 16.0. The first kappa shape index (κ1) is 20.0. The molecule has 2 unspecified atom stereocenters. The van der Waals surface area contributed by atoms with Gasteiger partial charge >= 0.3 is 6.03 Å². The number of urea groups is 1. The number of carbonyl (C=O) groups excluding carboxylic acids is 3. The summed E-state index contributed by atoms with van der Waals surface area (Å²) in [7, 11) is 0. The van der Waals surface area contributed by atoms with Crippen molar-refractivity contribution < 1.29 is 14.4 Å². The molecule has 33 heavy (non-hydrogen) atoms. The van der Waals surface area contributed by atoms with Crippen molar-refractivity contribution in [2.24, 2.45) is 11.7 Å². The van der Waals surface area contributed by atoms with Crippen LogP contribution in [-0.4, -0.2) is 75.6 Å². The van der Waals surface area contributed by atoms with Gasteiger partial charge in [-0.15, -0.1) is 0 Å². The highest BCUT2D eigenvalue weighted by Gasteiger charge is 2.42. The molecule has 0 spiro atoms. The van der Waals surface area contributed by atoms with Crippen LogP contribution in [0.1, 0.15) is 24.8 Å². The molecule has 6 rings (SSSR count). The maximum absolute atomic E-state index is 12.5. The Hall–Kier alpha value is -3.67. The SMILES string of the molecule is NC1CC1C(=O)N1CCN(c2cc(NC3CC3)n3ncc(/C=C4\NC(=O)NC4=O)c3n2)CC1. The summed E-state index contributed by atoms with van der Waals surface area (Å²) in [5.41, 5.74) is 7.21. The molecule has 2 aliphatic heterocycles. The molecule has 0 aromatic carbocycles. The summed E-state index contributed by atoms with van der Waals surface area (Å²) in [6, 6.07) is 1.85. The Labute approximate surface area is 189 Å². The second kappa shape index (κ2) is 7.44. The Morgan fingerprint density at radius 3 is 2.58 bits per heavy atom. The predicted molar refractivity (Wildman–Crippen MR) is 119 cm³/mol. The zero-order valence-electron chi connectivity index (χ0n) is 18.0. The van der Waals surface area contributed by atoms with Gasteiger partial charge in [0.05, 0.1) is 12.1 Å². The van der Waals surface area contributed by atoms with E-state index in [2.05, 4.69) is 25.9 Å². The molecule has 12 heteroatoms. The number of piperazine rings is 1. The van der Waals surface area contributed by atoms with Crippen LogP contribution in [0, 0.1) is 5.92 Å². The summed E-state index contributed by atoms with van der Waals surface area (Å²) in [6.07, 6.45) is 6.20. The van der Waals surface area contributed by atoms with Crippen molar-refractivity contribution in [1.82, 2.24) is 30.1 Å². The van der Waals surface area contributed by atoms with Gasteiger partial charge in [0.15, 0.2) is 5.65 Å². The molecule has 0 radical (unpaired) electrons. The van der Waals surface area contributed by atoms with Crippen molar-refractivity contribution in [3.63, 3.8) is 0 Å². The smallest absolute Gasteiger partial charge is 0.326 e. The number of aromatic nitrogens is 3. The zero-order valence-corrected chi connectivity index (χ0v) is 18.0. The topological polar surface area (TPSA) is 150 Å². The Balaban J connectivity index is 1.29. The second-order valence-electron chi connectivity index (χ2n) is 9.04. The van der Waals surface area contributed by atoms with Crippen LogP contribution in [0.15, 0.2) is 18.0 Å². The molecule has 12 nitrogen and oxygen atoms in total. The van der Waals surface area contributed by atoms with Crippen molar-refractivity contribution >= 4 is 41.2 Å². The molecule has 2 aliphatic carbocycles. The van der Waals surface area contributed by atoms with Crippen LogP contribution in [0.5, 0.6) is 0 Å². The highest BCUT2D eigenvalue weighted by atomic mass is 16.2. The fraction of sp³-hybridized carbons (Fsp3) is 0.476.